The third-order valence-electron chi connectivity index (χ3n) is 6.23. The second-order valence-corrected chi connectivity index (χ2v) is 8.54. The Labute approximate surface area is 177 Å². The van der Waals surface area contributed by atoms with Crippen molar-refractivity contribution in [1.82, 2.24) is 15.1 Å². The van der Waals surface area contributed by atoms with Gasteiger partial charge in [0.25, 0.3) is 0 Å². The van der Waals surface area contributed by atoms with Crippen molar-refractivity contribution in [2.24, 2.45) is 5.92 Å². The Kier molecular flexibility index (Phi) is 6.55. The molecule has 2 aliphatic heterocycles. The monoisotopic (exact) mass is 416 g/mol. The Hall–Kier alpha value is -2.16. The van der Waals surface area contributed by atoms with Gasteiger partial charge in [-0.1, -0.05) is 12.1 Å². The number of benzene rings is 1. The van der Waals surface area contributed by atoms with Crippen LogP contribution in [0.15, 0.2) is 24.3 Å². The molecule has 1 aromatic carbocycles. The Balaban J connectivity index is 1.23. The minimum absolute atomic E-state index is 0.0876. The SMILES string of the molecule is COc1ccccc1N1CCN(CC(O)CN2C(=O)CC(CNC3CC3)C2=O)CC1. The second kappa shape index (κ2) is 9.32. The Morgan fingerprint density at radius 3 is 2.57 bits per heavy atom. The van der Waals surface area contributed by atoms with Crippen LogP contribution >= 0.6 is 0 Å². The van der Waals surface area contributed by atoms with E-state index in [0.717, 1.165) is 50.5 Å². The number of para-hydroxylation sites is 2. The van der Waals surface area contributed by atoms with Gasteiger partial charge in [-0.25, -0.2) is 0 Å². The largest absolute Gasteiger partial charge is 0.495 e. The van der Waals surface area contributed by atoms with Crippen LogP contribution in [0.1, 0.15) is 19.3 Å². The fraction of sp³-hybridized carbons (Fsp3) is 0.636. The van der Waals surface area contributed by atoms with Gasteiger partial charge in [-0.15, -0.1) is 0 Å². The first-order valence-corrected chi connectivity index (χ1v) is 10.9. The fourth-order valence-electron chi connectivity index (χ4n) is 4.33. The number of piperazine rings is 1. The number of anilines is 1. The number of hydrogen-bond donors (Lipinski definition) is 2. The normalized spacial score (nSPS) is 23.9. The molecule has 2 unspecified atom stereocenters. The number of methoxy groups -OCH3 is 1. The van der Waals surface area contributed by atoms with Gasteiger partial charge in [-0.2, -0.15) is 0 Å². The van der Waals surface area contributed by atoms with E-state index < -0.39 is 6.10 Å². The summed E-state index contributed by atoms with van der Waals surface area (Å²) in [6, 6.07) is 8.50. The molecular formula is C22H32N4O4. The maximum Gasteiger partial charge on any atom is 0.234 e. The van der Waals surface area contributed by atoms with E-state index in [1.54, 1.807) is 7.11 Å². The summed E-state index contributed by atoms with van der Waals surface area (Å²) < 4.78 is 5.46. The number of aliphatic hydroxyl groups excluding tert-OH is 1. The highest BCUT2D eigenvalue weighted by atomic mass is 16.5. The number of nitrogens with one attached hydrogen (secondary N) is 1. The molecule has 0 radical (unpaired) electrons. The van der Waals surface area contributed by atoms with E-state index in [1.165, 1.54) is 4.90 Å². The van der Waals surface area contributed by atoms with E-state index in [0.29, 0.717) is 19.1 Å². The lowest BCUT2D eigenvalue weighted by atomic mass is 10.1. The zero-order valence-corrected chi connectivity index (χ0v) is 17.6. The molecular weight excluding hydrogens is 384 g/mol. The number of aliphatic hydroxyl groups is 1. The molecule has 30 heavy (non-hydrogen) atoms. The summed E-state index contributed by atoms with van der Waals surface area (Å²) in [5.41, 5.74) is 1.08. The molecule has 2 heterocycles. The topological polar surface area (TPSA) is 85.3 Å². The van der Waals surface area contributed by atoms with Gasteiger partial charge in [-0.3, -0.25) is 19.4 Å². The van der Waals surface area contributed by atoms with Crippen molar-refractivity contribution in [3.63, 3.8) is 0 Å². The number of rotatable bonds is 9. The van der Waals surface area contributed by atoms with Crippen molar-refractivity contribution >= 4 is 17.5 Å². The van der Waals surface area contributed by atoms with Crippen molar-refractivity contribution in [3.8, 4) is 5.75 Å². The van der Waals surface area contributed by atoms with Crippen LogP contribution in [0.25, 0.3) is 0 Å². The summed E-state index contributed by atoms with van der Waals surface area (Å²) in [7, 11) is 1.68. The van der Waals surface area contributed by atoms with Crippen LogP contribution in [0.4, 0.5) is 5.69 Å². The minimum Gasteiger partial charge on any atom is -0.495 e. The molecule has 0 aromatic heterocycles. The molecule has 3 aliphatic rings. The van der Waals surface area contributed by atoms with E-state index in [1.807, 2.05) is 18.2 Å². The lowest BCUT2D eigenvalue weighted by Gasteiger charge is -2.37. The fourth-order valence-corrected chi connectivity index (χ4v) is 4.33. The summed E-state index contributed by atoms with van der Waals surface area (Å²) in [4.78, 5) is 30.6. The van der Waals surface area contributed by atoms with Gasteiger partial charge in [0.15, 0.2) is 0 Å². The van der Waals surface area contributed by atoms with Crippen LogP contribution in [0.5, 0.6) is 5.75 Å². The minimum atomic E-state index is -0.731. The third kappa shape index (κ3) is 4.94. The molecule has 164 valence electrons. The van der Waals surface area contributed by atoms with E-state index in [9.17, 15) is 14.7 Å². The first-order valence-electron chi connectivity index (χ1n) is 10.9. The zero-order chi connectivity index (χ0) is 21.1. The van der Waals surface area contributed by atoms with Gasteiger partial charge in [-0.05, 0) is 25.0 Å². The predicted octanol–water partition coefficient (Wildman–Crippen LogP) is 0.305. The molecule has 2 saturated heterocycles. The van der Waals surface area contributed by atoms with Crippen LogP contribution in [-0.2, 0) is 9.59 Å². The summed E-state index contributed by atoms with van der Waals surface area (Å²) in [6.45, 7) is 4.40. The number of ether oxygens (including phenoxy) is 1. The van der Waals surface area contributed by atoms with Crippen molar-refractivity contribution in [2.75, 3.05) is 57.8 Å². The maximum absolute atomic E-state index is 12.6. The number of hydrogen-bond acceptors (Lipinski definition) is 7. The third-order valence-corrected chi connectivity index (χ3v) is 6.23. The van der Waals surface area contributed by atoms with Crippen LogP contribution in [0.2, 0.25) is 0 Å². The lowest BCUT2D eigenvalue weighted by Crippen LogP contribution is -2.50. The maximum atomic E-state index is 12.6. The molecule has 2 amide bonds. The summed E-state index contributed by atoms with van der Waals surface area (Å²) in [5, 5.41) is 13.9. The smallest absolute Gasteiger partial charge is 0.234 e. The molecule has 2 atom stereocenters. The van der Waals surface area contributed by atoms with Crippen LogP contribution < -0.4 is 15.0 Å². The number of carbonyl (C=O) groups is 2. The van der Waals surface area contributed by atoms with E-state index in [4.69, 9.17) is 4.74 Å². The van der Waals surface area contributed by atoms with Crippen LogP contribution in [0.3, 0.4) is 0 Å². The average molecular weight is 417 g/mol. The molecule has 0 bridgehead atoms. The Morgan fingerprint density at radius 1 is 1.13 bits per heavy atom. The quantitative estimate of drug-likeness (QED) is 0.560. The number of imide groups is 1. The number of nitrogens with zero attached hydrogens (tertiary/aromatic N) is 3. The standard InChI is InChI=1S/C22H32N4O4/c1-30-20-5-3-2-4-19(20)25-10-8-24(9-11-25)14-18(27)15-26-21(28)12-16(22(26)29)13-23-17-6-7-17/h2-5,16-18,23,27H,6-15H2,1H3. The highest BCUT2D eigenvalue weighted by molar-refractivity contribution is 6.03. The van der Waals surface area contributed by atoms with E-state index in [-0.39, 0.29) is 30.7 Å². The highest BCUT2D eigenvalue weighted by Gasteiger charge is 2.40. The summed E-state index contributed by atoms with van der Waals surface area (Å²) in [6.07, 6.45) is 1.83. The zero-order valence-electron chi connectivity index (χ0n) is 17.6. The number of likely N-dealkylation sites (tertiary alicyclic amines) is 1. The predicted molar refractivity (Wildman–Crippen MR) is 114 cm³/mol. The molecule has 8 nitrogen and oxygen atoms in total. The van der Waals surface area contributed by atoms with Gasteiger partial charge in [0.2, 0.25) is 11.8 Å². The Morgan fingerprint density at radius 2 is 1.87 bits per heavy atom. The average Bonchev–Trinajstić information content (AvgIpc) is 3.55. The van der Waals surface area contributed by atoms with Crippen molar-refractivity contribution in [1.29, 1.82) is 0 Å². The number of β-amino-alcohol motifs (C(OH)–C–C–N with tert-alkyl or cyclic N) is 1. The first kappa shape index (κ1) is 21.1. The molecule has 1 saturated carbocycles. The summed E-state index contributed by atoms with van der Waals surface area (Å²) >= 11 is 0. The van der Waals surface area contributed by atoms with Gasteiger partial charge in [0.05, 0.1) is 31.4 Å². The van der Waals surface area contributed by atoms with Gasteiger partial charge in [0.1, 0.15) is 5.75 Å². The number of amides is 2. The van der Waals surface area contributed by atoms with Gasteiger partial charge < -0.3 is 20.1 Å². The van der Waals surface area contributed by atoms with E-state index >= 15 is 0 Å². The van der Waals surface area contributed by atoms with E-state index in [2.05, 4.69) is 21.2 Å². The molecule has 8 heteroatoms. The van der Waals surface area contributed by atoms with Crippen LogP contribution in [-0.4, -0.2) is 91.8 Å². The molecule has 1 aromatic rings. The molecule has 0 spiro atoms. The Bertz CT molecular complexity index is 761. The van der Waals surface area contributed by atoms with Gasteiger partial charge in [0, 0.05) is 51.7 Å². The number of carbonyl (C=O) groups excluding carboxylic acids is 2. The van der Waals surface area contributed by atoms with Gasteiger partial charge >= 0.3 is 0 Å². The highest BCUT2D eigenvalue weighted by Crippen LogP contribution is 2.28. The van der Waals surface area contributed by atoms with Crippen molar-refractivity contribution < 1.29 is 19.4 Å². The first-order chi connectivity index (χ1) is 14.5. The molecule has 1 aliphatic carbocycles. The molecule has 3 fully saturated rings. The van der Waals surface area contributed by atoms with Crippen LogP contribution in [0, 0.1) is 5.92 Å². The second-order valence-electron chi connectivity index (χ2n) is 8.54. The lowest BCUT2D eigenvalue weighted by molar-refractivity contribution is -0.141. The van der Waals surface area contributed by atoms with Crippen molar-refractivity contribution in [3.05, 3.63) is 24.3 Å². The summed E-state index contributed by atoms with van der Waals surface area (Å²) in [5.74, 6) is 0.272. The molecule has 4 rings (SSSR count). The molecule has 2 N–H and O–H groups in total. The van der Waals surface area contributed by atoms with Crippen molar-refractivity contribution in [2.45, 2.75) is 31.4 Å².